The highest BCUT2D eigenvalue weighted by Crippen LogP contribution is 2.59. The molecule has 3 rings (SSSR count). The van der Waals surface area contributed by atoms with Gasteiger partial charge in [0.2, 0.25) is 0 Å². The third kappa shape index (κ3) is 5.74. The van der Waals surface area contributed by atoms with E-state index >= 15 is 0 Å². The molecule has 0 amide bonds. The van der Waals surface area contributed by atoms with E-state index in [1.54, 1.807) is 0 Å². The highest BCUT2D eigenvalue weighted by Gasteiger charge is 2.76. The molecule has 3 aliphatic rings. The molecule has 34 heavy (non-hydrogen) atoms. The number of hydrogen-bond donors (Lipinski definition) is 1. The van der Waals surface area contributed by atoms with Crippen LogP contribution in [0.2, 0.25) is 0 Å². The van der Waals surface area contributed by atoms with Crippen LogP contribution in [0, 0.1) is 23.7 Å². The summed E-state index contributed by atoms with van der Waals surface area (Å²) in [5, 5.41) is 11.9. The van der Waals surface area contributed by atoms with Crippen molar-refractivity contribution in [3.63, 3.8) is 0 Å². The van der Waals surface area contributed by atoms with Crippen molar-refractivity contribution in [3.05, 3.63) is 11.8 Å². The van der Waals surface area contributed by atoms with Gasteiger partial charge in [-0.25, -0.2) is 0 Å². The number of aliphatic hydroxyl groups is 1. The van der Waals surface area contributed by atoms with Crippen LogP contribution in [-0.4, -0.2) is 59.8 Å². The fourth-order valence-corrected chi connectivity index (χ4v) is 4.75. The fraction of sp³-hybridized carbons (Fsp3) is 0.800. The standard InChI is InChI=1S/C25H38O9/c1-14(2)7-19(26)30-11-17-12-31-23(34-21(28)9-16(5)6)22-24(17,29)10-18(25(22)13-32-25)33-20(27)8-15(3)4/h12,14-16,18,22-23,29H,7-11,13H2,1-6H3/t18-,22?,23-,24-,25-/m0/s1. The van der Waals surface area contributed by atoms with Crippen molar-refractivity contribution in [3.8, 4) is 0 Å². The van der Waals surface area contributed by atoms with Gasteiger partial charge in [0.05, 0.1) is 12.9 Å². The van der Waals surface area contributed by atoms with Gasteiger partial charge in [-0.1, -0.05) is 41.5 Å². The van der Waals surface area contributed by atoms with E-state index in [0.29, 0.717) is 5.57 Å². The largest absolute Gasteiger partial charge is 0.462 e. The number of epoxide rings is 1. The van der Waals surface area contributed by atoms with E-state index in [1.807, 2.05) is 41.5 Å². The quantitative estimate of drug-likeness (QED) is 0.285. The number of carbonyl (C=O) groups is 3. The summed E-state index contributed by atoms with van der Waals surface area (Å²) in [6, 6.07) is 0. The van der Waals surface area contributed by atoms with E-state index in [2.05, 4.69) is 0 Å². The van der Waals surface area contributed by atoms with Gasteiger partial charge in [0.25, 0.3) is 6.29 Å². The number of hydrogen-bond acceptors (Lipinski definition) is 9. The fourth-order valence-electron chi connectivity index (χ4n) is 4.75. The normalized spacial score (nSPS) is 31.8. The van der Waals surface area contributed by atoms with Gasteiger partial charge in [-0.05, 0) is 17.8 Å². The van der Waals surface area contributed by atoms with E-state index in [1.165, 1.54) is 6.26 Å². The maximum atomic E-state index is 12.5. The maximum Gasteiger partial charge on any atom is 0.309 e. The molecule has 0 radical (unpaired) electrons. The number of fused-ring (bicyclic) bond motifs is 2. The minimum Gasteiger partial charge on any atom is -0.462 e. The molecule has 2 aliphatic heterocycles. The molecular formula is C25H38O9. The lowest BCUT2D eigenvalue weighted by molar-refractivity contribution is -0.208. The van der Waals surface area contributed by atoms with Gasteiger partial charge in [0.15, 0.2) is 0 Å². The zero-order valence-electron chi connectivity index (χ0n) is 21.0. The summed E-state index contributed by atoms with van der Waals surface area (Å²) in [7, 11) is 0. The summed E-state index contributed by atoms with van der Waals surface area (Å²) in [6.45, 7) is 11.5. The molecule has 192 valence electrons. The predicted molar refractivity (Wildman–Crippen MR) is 120 cm³/mol. The summed E-state index contributed by atoms with van der Waals surface area (Å²) >= 11 is 0. The summed E-state index contributed by atoms with van der Waals surface area (Å²) in [4.78, 5) is 37.0. The Hall–Kier alpha value is -2.13. The summed E-state index contributed by atoms with van der Waals surface area (Å²) in [6.07, 6.45) is 0.105. The topological polar surface area (TPSA) is 121 Å². The average Bonchev–Trinajstić information content (AvgIpc) is 3.41. The maximum absolute atomic E-state index is 12.5. The van der Waals surface area contributed by atoms with Gasteiger partial charge in [0, 0.05) is 31.3 Å². The molecule has 0 aromatic heterocycles. The van der Waals surface area contributed by atoms with Crippen molar-refractivity contribution in [1.29, 1.82) is 0 Å². The van der Waals surface area contributed by atoms with Crippen LogP contribution in [0.15, 0.2) is 11.8 Å². The monoisotopic (exact) mass is 482 g/mol. The van der Waals surface area contributed by atoms with Gasteiger partial charge in [-0.15, -0.1) is 0 Å². The molecule has 1 unspecified atom stereocenters. The molecular weight excluding hydrogens is 444 g/mol. The second-order valence-corrected chi connectivity index (χ2v) is 10.9. The van der Waals surface area contributed by atoms with Crippen LogP contribution in [-0.2, 0) is 38.1 Å². The first-order valence-corrected chi connectivity index (χ1v) is 12.1. The molecule has 0 bridgehead atoms. The van der Waals surface area contributed by atoms with Crippen molar-refractivity contribution in [2.24, 2.45) is 23.7 Å². The second kappa shape index (κ2) is 10.2. The van der Waals surface area contributed by atoms with Gasteiger partial charge in [-0.2, -0.15) is 0 Å². The molecule has 0 aromatic rings. The molecule has 2 fully saturated rings. The van der Waals surface area contributed by atoms with E-state index in [0.717, 1.165) is 0 Å². The highest BCUT2D eigenvalue weighted by atomic mass is 16.7. The summed E-state index contributed by atoms with van der Waals surface area (Å²) < 4.78 is 28.3. The highest BCUT2D eigenvalue weighted by molar-refractivity contribution is 5.71. The van der Waals surface area contributed by atoms with Crippen LogP contribution in [0.3, 0.4) is 0 Å². The van der Waals surface area contributed by atoms with Crippen molar-refractivity contribution in [1.82, 2.24) is 0 Å². The van der Waals surface area contributed by atoms with Crippen LogP contribution in [0.4, 0.5) is 0 Å². The molecule has 9 nitrogen and oxygen atoms in total. The van der Waals surface area contributed by atoms with Gasteiger partial charge >= 0.3 is 17.9 Å². The van der Waals surface area contributed by atoms with Gasteiger partial charge in [-0.3, -0.25) is 14.4 Å². The van der Waals surface area contributed by atoms with E-state index in [4.69, 9.17) is 23.7 Å². The Morgan fingerprint density at radius 2 is 1.50 bits per heavy atom. The lowest BCUT2D eigenvalue weighted by Crippen LogP contribution is -2.53. The zero-order valence-corrected chi connectivity index (χ0v) is 21.0. The number of ether oxygens (including phenoxy) is 5. The van der Waals surface area contributed by atoms with Crippen LogP contribution in [0.1, 0.15) is 67.2 Å². The average molecular weight is 483 g/mol. The molecule has 2 heterocycles. The number of rotatable bonds is 10. The van der Waals surface area contributed by atoms with Crippen molar-refractivity contribution >= 4 is 17.9 Å². The molecule has 9 heteroatoms. The summed E-state index contributed by atoms with van der Waals surface area (Å²) in [5.74, 6) is -1.75. The Bertz CT molecular complexity index is 811. The molecule has 1 aliphatic carbocycles. The number of esters is 3. The third-order valence-electron chi connectivity index (χ3n) is 6.37. The first kappa shape index (κ1) is 26.5. The van der Waals surface area contributed by atoms with Crippen LogP contribution >= 0.6 is 0 Å². The third-order valence-corrected chi connectivity index (χ3v) is 6.37. The van der Waals surface area contributed by atoms with Gasteiger partial charge in [0.1, 0.15) is 29.8 Å². The van der Waals surface area contributed by atoms with Gasteiger partial charge < -0.3 is 28.8 Å². The van der Waals surface area contributed by atoms with Crippen molar-refractivity contribution in [2.75, 3.05) is 13.2 Å². The van der Waals surface area contributed by atoms with E-state index in [-0.39, 0.29) is 62.6 Å². The van der Waals surface area contributed by atoms with Crippen molar-refractivity contribution in [2.45, 2.75) is 90.8 Å². The van der Waals surface area contributed by atoms with Crippen LogP contribution in [0.25, 0.3) is 0 Å². The molecule has 5 atom stereocenters. The Labute approximate surface area is 201 Å². The Balaban J connectivity index is 1.84. The Morgan fingerprint density at radius 1 is 0.971 bits per heavy atom. The molecule has 1 N–H and O–H groups in total. The summed E-state index contributed by atoms with van der Waals surface area (Å²) in [5.41, 5.74) is -2.31. The Morgan fingerprint density at radius 3 is 2.03 bits per heavy atom. The van der Waals surface area contributed by atoms with Crippen molar-refractivity contribution < 1.29 is 43.2 Å². The SMILES string of the molecule is CC(C)CC(=O)OCC1=CO[C@@H](OC(=O)CC(C)C)C2[C@]1(O)C[C@H](OC(=O)CC(C)C)[C@@]21CO1. The first-order chi connectivity index (χ1) is 15.9. The van der Waals surface area contributed by atoms with Crippen LogP contribution < -0.4 is 0 Å². The first-order valence-electron chi connectivity index (χ1n) is 12.1. The van der Waals surface area contributed by atoms with E-state index in [9.17, 15) is 19.5 Å². The molecule has 1 spiro atoms. The zero-order chi connectivity index (χ0) is 25.3. The lowest BCUT2D eigenvalue weighted by Gasteiger charge is -2.40. The molecule has 0 aromatic carbocycles. The van der Waals surface area contributed by atoms with E-state index < -0.39 is 41.5 Å². The minimum atomic E-state index is -1.60. The smallest absolute Gasteiger partial charge is 0.309 e. The molecule has 1 saturated heterocycles. The predicted octanol–water partition coefficient (Wildman–Crippen LogP) is 2.88. The number of carbonyl (C=O) groups excluding carboxylic acids is 3. The molecule has 1 saturated carbocycles. The second-order valence-electron chi connectivity index (χ2n) is 10.9. The van der Waals surface area contributed by atoms with Crippen LogP contribution in [0.5, 0.6) is 0 Å². The minimum absolute atomic E-state index is 0.0245. The Kier molecular flexibility index (Phi) is 7.97. The lowest BCUT2D eigenvalue weighted by atomic mass is 9.79.